The summed E-state index contributed by atoms with van der Waals surface area (Å²) in [4.78, 5) is 33.7. The van der Waals surface area contributed by atoms with Gasteiger partial charge in [-0.1, -0.05) is 27.5 Å². The molecular formula is C15H10BrClN2O5. The van der Waals surface area contributed by atoms with Crippen molar-refractivity contribution in [3.63, 3.8) is 0 Å². The third-order valence-corrected chi connectivity index (χ3v) is 3.69. The molecule has 0 spiro atoms. The SMILES string of the molecule is O=C(COC(=O)c1ccc(Br)cc1)Nc1ccc(Cl)c([N+](=O)[O-])c1. The highest BCUT2D eigenvalue weighted by atomic mass is 79.9. The second-order valence-corrected chi connectivity index (χ2v) is 5.88. The van der Waals surface area contributed by atoms with E-state index in [1.807, 2.05) is 0 Å². The second-order valence-electron chi connectivity index (χ2n) is 4.55. The van der Waals surface area contributed by atoms with Crippen molar-refractivity contribution in [1.29, 1.82) is 0 Å². The van der Waals surface area contributed by atoms with Crippen LogP contribution in [0.5, 0.6) is 0 Å². The molecular weight excluding hydrogens is 404 g/mol. The fourth-order valence-corrected chi connectivity index (χ4v) is 2.18. The molecule has 2 aromatic carbocycles. The van der Waals surface area contributed by atoms with Crippen LogP contribution in [0, 0.1) is 10.1 Å². The Kier molecular flexibility index (Phi) is 5.88. The van der Waals surface area contributed by atoms with E-state index >= 15 is 0 Å². The minimum absolute atomic E-state index is 0.0420. The fourth-order valence-electron chi connectivity index (χ4n) is 1.73. The molecule has 0 saturated heterocycles. The van der Waals surface area contributed by atoms with Crippen molar-refractivity contribution >= 4 is 50.8 Å². The lowest BCUT2D eigenvalue weighted by molar-refractivity contribution is -0.384. The Morgan fingerprint density at radius 3 is 2.50 bits per heavy atom. The van der Waals surface area contributed by atoms with Crippen LogP contribution >= 0.6 is 27.5 Å². The van der Waals surface area contributed by atoms with Crippen LogP contribution in [0.1, 0.15) is 10.4 Å². The number of ether oxygens (including phenoxy) is 1. The summed E-state index contributed by atoms with van der Waals surface area (Å²) in [6.07, 6.45) is 0. The predicted molar refractivity (Wildman–Crippen MR) is 91.2 cm³/mol. The molecule has 0 aliphatic rings. The van der Waals surface area contributed by atoms with Gasteiger partial charge in [-0.3, -0.25) is 14.9 Å². The zero-order chi connectivity index (χ0) is 17.7. The molecule has 24 heavy (non-hydrogen) atoms. The van der Waals surface area contributed by atoms with Gasteiger partial charge in [-0.05, 0) is 36.4 Å². The molecule has 2 rings (SSSR count). The highest BCUT2D eigenvalue weighted by molar-refractivity contribution is 9.10. The average Bonchev–Trinajstić information content (AvgIpc) is 2.55. The first-order valence-electron chi connectivity index (χ1n) is 6.53. The number of anilines is 1. The van der Waals surface area contributed by atoms with Gasteiger partial charge in [-0.25, -0.2) is 4.79 Å². The standard InChI is InChI=1S/C15H10BrClN2O5/c16-10-3-1-9(2-4-10)15(21)24-8-14(20)18-11-5-6-12(17)13(7-11)19(22)23/h1-7H,8H2,(H,18,20). The number of benzene rings is 2. The number of carbonyl (C=O) groups is 2. The summed E-state index contributed by atoms with van der Waals surface area (Å²) in [6, 6.07) is 10.3. The summed E-state index contributed by atoms with van der Waals surface area (Å²) in [5, 5.41) is 13.1. The molecule has 0 aliphatic carbocycles. The number of nitro benzene ring substituents is 1. The van der Waals surface area contributed by atoms with E-state index in [1.165, 1.54) is 12.1 Å². The van der Waals surface area contributed by atoms with Crippen molar-refractivity contribution in [3.05, 3.63) is 67.6 Å². The lowest BCUT2D eigenvalue weighted by atomic mass is 10.2. The first-order chi connectivity index (χ1) is 11.4. The van der Waals surface area contributed by atoms with Crippen molar-refractivity contribution in [1.82, 2.24) is 0 Å². The Labute approximate surface area is 149 Å². The molecule has 0 fully saturated rings. The zero-order valence-corrected chi connectivity index (χ0v) is 14.3. The highest BCUT2D eigenvalue weighted by Gasteiger charge is 2.15. The van der Waals surface area contributed by atoms with E-state index in [0.29, 0.717) is 5.56 Å². The van der Waals surface area contributed by atoms with Gasteiger partial charge in [0.2, 0.25) is 0 Å². The summed E-state index contributed by atoms with van der Waals surface area (Å²) in [5.41, 5.74) is 0.144. The van der Waals surface area contributed by atoms with Crippen LogP contribution in [0.3, 0.4) is 0 Å². The van der Waals surface area contributed by atoms with Gasteiger partial charge in [0.25, 0.3) is 11.6 Å². The first kappa shape index (κ1) is 17.9. The monoisotopic (exact) mass is 412 g/mol. The van der Waals surface area contributed by atoms with E-state index in [-0.39, 0.29) is 16.4 Å². The van der Waals surface area contributed by atoms with Gasteiger partial charge in [0.05, 0.1) is 10.5 Å². The summed E-state index contributed by atoms with van der Waals surface area (Å²) >= 11 is 8.92. The van der Waals surface area contributed by atoms with Gasteiger partial charge >= 0.3 is 5.97 Å². The van der Waals surface area contributed by atoms with E-state index in [0.717, 1.165) is 10.5 Å². The third kappa shape index (κ3) is 4.77. The lowest BCUT2D eigenvalue weighted by Crippen LogP contribution is -2.21. The van der Waals surface area contributed by atoms with Crippen LogP contribution in [-0.4, -0.2) is 23.4 Å². The fraction of sp³-hybridized carbons (Fsp3) is 0.0667. The number of halogens is 2. The van der Waals surface area contributed by atoms with Crippen LogP contribution in [0.4, 0.5) is 11.4 Å². The first-order valence-corrected chi connectivity index (χ1v) is 7.70. The van der Waals surface area contributed by atoms with E-state index in [2.05, 4.69) is 21.2 Å². The predicted octanol–water partition coefficient (Wildman–Crippen LogP) is 3.81. The maximum atomic E-state index is 11.8. The Morgan fingerprint density at radius 2 is 1.88 bits per heavy atom. The van der Waals surface area contributed by atoms with Crippen LogP contribution in [0.25, 0.3) is 0 Å². The van der Waals surface area contributed by atoms with Gasteiger partial charge in [-0.15, -0.1) is 0 Å². The van der Waals surface area contributed by atoms with Gasteiger partial charge in [0, 0.05) is 16.2 Å². The van der Waals surface area contributed by atoms with Crippen molar-refractivity contribution in [3.8, 4) is 0 Å². The number of amides is 1. The molecule has 2 aromatic rings. The average molecular weight is 414 g/mol. The molecule has 7 nitrogen and oxygen atoms in total. The zero-order valence-electron chi connectivity index (χ0n) is 12.0. The molecule has 0 heterocycles. The maximum Gasteiger partial charge on any atom is 0.338 e. The minimum atomic E-state index is -0.661. The quantitative estimate of drug-likeness (QED) is 0.456. The molecule has 0 unspecified atom stereocenters. The Bertz CT molecular complexity index is 795. The summed E-state index contributed by atoms with van der Waals surface area (Å²) in [5.74, 6) is -1.28. The number of rotatable bonds is 5. The maximum absolute atomic E-state index is 11.8. The highest BCUT2D eigenvalue weighted by Crippen LogP contribution is 2.27. The number of nitrogens with zero attached hydrogens (tertiary/aromatic N) is 1. The Balaban J connectivity index is 1.94. The molecule has 1 N–H and O–H groups in total. The van der Waals surface area contributed by atoms with Crippen molar-refractivity contribution < 1.29 is 19.2 Å². The van der Waals surface area contributed by atoms with Crippen LogP contribution < -0.4 is 5.32 Å². The normalized spacial score (nSPS) is 10.1. The molecule has 124 valence electrons. The van der Waals surface area contributed by atoms with Gasteiger partial charge in [-0.2, -0.15) is 0 Å². The van der Waals surface area contributed by atoms with Crippen molar-refractivity contribution in [2.75, 3.05) is 11.9 Å². The van der Waals surface area contributed by atoms with Crippen molar-refractivity contribution in [2.24, 2.45) is 0 Å². The summed E-state index contributed by atoms with van der Waals surface area (Å²) < 4.78 is 5.68. The van der Waals surface area contributed by atoms with E-state index < -0.39 is 23.4 Å². The smallest absolute Gasteiger partial charge is 0.338 e. The molecule has 0 radical (unpaired) electrons. The number of hydrogen-bond donors (Lipinski definition) is 1. The number of nitro groups is 1. The molecule has 0 aromatic heterocycles. The molecule has 0 bridgehead atoms. The van der Waals surface area contributed by atoms with E-state index in [1.54, 1.807) is 24.3 Å². The van der Waals surface area contributed by atoms with Crippen molar-refractivity contribution in [2.45, 2.75) is 0 Å². The van der Waals surface area contributed by atoms with E-state index in [4.69, 9.17) is 16.3 Å². The molecule has 0 atom stereocenters. The molecule has 9 heteroatoms. The van der Waals surface area contributed by atoms with Crippen LogP contribution in [0.2, 0.25) is 5.02 Å². The molecule has 1 amide bonds. The van der Waals surface area contributed by atoms with Crippen LogP contribution in [0.15, 0.2) is 46.9 Å². The minimum Gasteiger partial charge on any atom is -0.452 e. The van der Waals surface area contributed by atoms with Gasteiger partial charge in [0.15, 0.2) is 6.61 Å². The van der Waals surface area contributed by atoms with Gasteiger partial charge < -0.3 is 10.1 Å². The Hall–Kier alpha value is -2.45. The van der Waals surface area contributed by atoms with E-state index in [9.17, 15) is 19.7 Å². The summed E-state index contributed by atoms with van der Waals surface area (Å²) in [7, 11) is 0. The summed E-state index contributed by atoms with van der Waals surface area (Å²) in [6.45, 7) is -0.522. The molecule has 0 saturated carbocycles. The number of carbonyl (C=O) groups excluding carboxylic acids is 2. The molecule has 0 aliphatic heterocycles. The van der Waals surface area contributed by atoms with Gasteiger partial charge in [0.1, 0.15) is 5.02 Å². The largest absolute Gasteiger partial charge is 0.452 e. The third-order valence-electron chi connectivity index (χ3n) is 2.84. The lowest BCUT2D eigenvalue weighted by Gasteiger charge is -2.07. The number of hydrogen-bond acceptors (Lipinski definition) is 5. The number of esters is 1. The Morgan fingerprint density at radius 1 is 1.21 bits per heavy atom. The van der Waals surface area contributed by atoms with Crippen LogP contribution in [-0.2, 0) is 9.53 Å². The second kappa shape index (κ2) is 7.89. The number of nitrogens with one attached hydrogen (secondary N) is 1. The topological polar surface area (TPSA) is 98.5 Å².